The van der Waals surface area contributed by atoms with Crippen LogP contribution in [0.2, 0.25) is 0 Å². The molecule has 2 rings (SSSR count). The van der Waals surface area contributed by atoms with Crippen molar-refractivity contribution in [2.75, 3.05) is 17.6 Å². The summed E-state index contributed by atoms with van der Waals surface area (Å²) < 4.78 is 1.42. The lowest BCUT2D eigenvalue weighted by Gasteiger charge is -2.18. The van der Waals surface area contributed by atoms with E-state index in [0.717, 1.165) is 25.8 Å². The van der Waals surface area contributed by atoms with Crippen LogP contribution in [0.4, 0.5) is 11.5 Å². The van der Waals surface area contributed by atoms with Gasteiger partial charge < -0.3 is 11.1 Å². The van der Waals surface area contributed by atoms with E-state index in [1.807, 2.05) is 6.92 Å². The van der Waals surface area contributed by atoms with E-state index in [9.17, 15) is 9.59 Å². The van der Waals surface area contributed by atoms with Gasteiger partial charge in [-0.3, -0.25) is 14.3 Å². The smallest absolute Gasteiger partial charge is 0.330 e. The molecule has 1 heterocycles. The van der Waals surface area contributed by atoms with Crippen LogP contribution in [0, 0.1) is 5.41 Å². The summed E-state index contributed by atoms with van der Waals surface area (Å²) in [7, 11) is 0. The van der Waals surface area contributed by atoms with Crippen LogP contribution in [0.25, 0.3) is 0 Å². The largest absolute Gasteiger partial charge is 0.383 e. The number of aromatic nitrogens is 2. The molecule has 0 aliphatic heterocycles. The second kappa shape index (κ2) is 5.73. The Morgan fingerprint density at radius 3 is 2.55 bits per heavy atom. The number of nitrogens with one attached hydrogen (secondary N) is 2. The number of nitrogens with zero attached hydrogens (tertiary/aromatic N) is 1. The lowest BCUT2D eigenvalue weighted by atomic mass is 10.0. The van der Waals surface area contributed by atoms with Crippen molar-refractivity contribution in [3.63, 3.8) is 0 Å². The second-order valence-electron chi connectivity index (χ2n) is 5.77. The van der Waals surface area contributed by atoms with Gasteiger partial charge in [-0.05, 0) is 31.1 Å². The van der Waals surface area contributed by atoms with Crippen molar-refractivity contribution in [1.29, 1.82) is 0 Å². The van der Waals surface area contributed by atoms with E-state index in [1.54, 1.807) is 0 Å². The topological polar surface area (TPSA) is 92.9 Å². The van der Waals surface area contributed by atoms with Crippen LogP contribution in [-0.4, -0.2) is 16.1 Å². The summed E-state index contributed by atoms with van der Waals surface area (Å²) in [6.07, 6.45) is 5.48. The Labute approximate surface area is 118 Å². The van der Waals surface area contributed by atoms with Crippen LogP contribution in [0.3, 0.4) is 0 Å². The van der Waals surface area contributed by atoms with Gasteiger partial charge in [-0.15, -0.1) is 0 Å². The Kier molecular flexibility index (Phi) is 4.20. The minimum atomic E-state index is -0.436. The summed E-state index contributed by atoms with van der Waals surface area (Å²) in [5.74, 6) is 0.243. The fourth-order valence-corrected chi connectivity index (χ4v) is 2.70. The number of H-pyrrole nitrogens is 1. The summed E-state index contributed by atoms with van der Waals surface area (Å²) in [5, 5.41) is 3.17. The first kappa shape index (κ1) is 14.7. The fraction of sp³-hybridized carbons (Fsp3) is 0.714. The molecule has 1 aliphatic carbocycles. The quantitative estimate of drug-likeness (QED) is 0.706. The summed E-state index contributed by atoms with van der Waals surface area (Å²) >= 11 is 0. The number of nitrogen functional groups attached to an aromatic ring is 1. The first-order valence-electron chi connectivity index (χ1n) is 7.39. The molecule has 112 valence electrons. The average Bonchev–Trinajstić information content (AvgIpc) is 3.14. The summed E-state index contributed by atoms with van der Waals surface area (Å²) in [6, 6.07) is 0. The highest BCUT2D eigenvalue weighted by atomic mass is 16.2. The molecule has 6 nitrogen and oxygen atoms in total. The molecule has 1 aromatic heterocycles. The second-order valence-corrected chi connectivity index (χ2v) is 5.77. The van der Waals surface area contributed by atoms with Crippen LogP contribution in [0.1, 0.15) is 46.0 Å². The van der Waals surface area contributed by atoms with Crippen molar-refractivity contribution in [1.82, 2.24) is 9.55 Å². The Hall–Kier alpha value is -1.72. The monoisotopic (exact) mass is 280 g/mol. The van der Waals surface area contributed by atoms with E-state index in [1.165, 1.54) is 17.4 Å². The molecular weight excluding hydrogens is 256 g/mol. The van der Waals surface area contributed by atoms with Crippen molar-refractivity contribution in [3.8, 4) is 0 Å². The van der Waals surface area contributed by atoms with Crippen LogP contribution in [0.5, 0.6) is 0 Å². The number of aromatic amines is 1. The van der Waals surface area contributed by atoms with E-state index < -0.39 is 11.2 Å². The molecule has 0 atom stereocenters. The van der Waals surface area contributed by atoms with Crippen molar-refractivity contribution < 1.29 is 0 Å². The van der Waals surface area contributed by atoms with Crippen molar-refractivity contribution >= 4 is 11.5 Å². The average molecular weight is 280 g/mol. The van der Waals surface area contributed by atoms with Crippen molar-refractivity contribution in [2.24, 2.45) is 5.41 Å². The van der Waals surface area contributed by atoms with Gasteiger partial charge in [0.2, 0.25) is 0 Å². The Balaban J connectivity index is 2.21. The third-order valence-corrected chi connectivity index (χ3v) is 4.06. The van der Waals surface area contributed by atoms with E-state index in [2.05, 4.69) is 17.2 Å². The Morgan fingerprint density at radius 1 is 1.30 bits per heavy atom. The van der Waals surface area contributed by atoms with Gasteiger partial charge in [0.25, 0.3) is 5.56 Å². The van der Waals surface area contributed by atoms with E-state index >= 15 is 0 Å². The molecule has 1 aliphatic rings. The summed E-state index contributed by atoms with van der Waals surface area (Å²) in [4.78, 5) is 26.0. The maximum atomic E-state index is 11.9. The highest BCUT2D eigenvalue weighted by Gasteiger charge is 2.41. The highest BCUT2D eigenvalue weighted by Crippen LogP contribution is 2.49. The van der Waals surface area contributed by atoms with Crippen LogP contribution in [0.15, 0.2) is 9.59 Å². The molecule has 20 heavy (non-hydrogen) atoms. The van der Waals surface area contributed by atoms with Crippen molar-refractivity contribution in [2.45, 2.75) is 52.5 Å². The van der Waals surface area contributed by atoms with Crippen molar-refractivity contribution in [3.05, 3.63) is 20.8 Å². The minimum absolute atomic E-state index is 0.243. The minimum Gasteiger partial charge on any atom is -0.383 e. The maximum absolute atomic E-state index is 11.9. The molecule has 6 heteroatoms. The molecule has 4 N–H and O–H groups in total. The predicted octanol–water partition coefficient (Wildman–Crippen LogP) is 1.52. The Bertz CT molecular complexity index is 584. The molecule has 0 bridgehead atoms. The molecule has 0 saturated heterocycles. The third kappa shape index (κ3) is 2.89. The molecule has 0 radical (unpaired) electrons. The first-order valence-corrected chi connectivity index (χ1v) is 7.39. The number of hydrogen-bond donors (Lipinski definition) is 3. The van der Waals surface area contributed by atoms with Gasteiger partial charge in [-0.1, -0.05) is 20.3 Å². The SMILES string of the molecule is CCCn1c(N)c(NCC2(CCC)CC2)c(=O)[nH]c1=O. The first-order chi connectivity index (χ1) is 9.53. The number of nitrogens with two attached hydrogens (primary N) is 1. The highest BCUT2D eigenvalue weighted by molar-refractivity contribution is 5.60. The number of hydrogen-bond acceptors (Lipinski definition) is 4. The molecule has 0 aromatic carbocycles. The van der Waals surface area contributed by atoms with Gasteiger partial charge in [-0.2, -0.15) is 0 Å². The van der Waals surface area contributed by atoms with Crippen LogP contribution >= 0.6 is 0 Å². The zero-order valence-electron chi connectivity index (χ0n) is 12.3. The zero-order chi connectivity index (χ0) is 14.8. The van der Waals surface area contributed by atoms with Gasteiger partial charge in [0.1, 0.15) is 11.5 Å². The van der Waals surface area contributed by atoms with E-state index in [0.29, 0.717) is 17.6 Å². The summed E-state index contributed by atoms with van der Waals surface area (Å²) in [6.45, 7) is 5.39. The lowest BCUT2D eigenvalue weighted by molar-refractivity contribution is 0.485. The standard InChI is InChI=1S/C14H24N4O2/c1-3-5-14(6-7-14)9-16-10-11(15)18(8-4-2)13(20)17-12(10)19/h16H,3-9,15H2,1-2H3,(H,17,19,20). The number of rotatable bonds is 7. The normalized spacial score (nSPS) is 16.1. The van der Waals surface area contributed by atoms with Gasteiger partial charge >= 0.3 is 5.69 Å². The molecule has 0 spiro atoms. The van der Waals surface area contributed by atoms with Crippen LogP contribution < -0.4 is 22.3 Å². The van der Waals surface area contributed by atoms with E-state index in [-0.39, 0.29) is 5.82 Å². The third-order valence-electron chi connectivity index (χ3n) is 4.06. The predicted molar refractivity (Wildman–Crippen MR) is 81.1 cm³/mol. The zero-order valence-corrected chi connectivity index (χ0v) is 12.3. The molecule has 1 fully saturated rings. The molecule has 1 aromatic rings. The fourth-order valence-electron chi connectivity index (χ4n) is 2.70. The molecule has 0 amide bonds. The molecular formula is C14H24N4O2. The lowest BCUT2D eigenvalue weighted by Crippen LogP contribution is -2.35. The van der Waals surface area contributed by atoms with Gasteiger partial charge in [0.05, 0.1) is 0 Å². The van der Waals surface area contributed by atoms with Gasteiger partial charge in [0, 0.05) is 13.1 Å². The summed E-state index contributed by atoms with van der Waals surface area (Å²) in [5.41, 5.74) is 5.77. The molecule has 0 unspecified atom stereocenters. The van der Waals surface area contributed by atoms with Gasteiger partial charge in [-0.25, -0.2) is 4.79 Å². The Morgan fingerprint density at radius 2 is 2.00 bits per heavy atom. The van der Waals surface area contributed by atoms with E-state index in [4.69, 9.17) is 5.73 Å². The van der Waals surface area contributed by atoms with Crippen LogP contribution in [-0.2, 0) is 6.54 Å². The van der Waals surface area contributed by atoms with Gasteiger partial charge in [0.15, 0.2) is 0 Å². The number of anilines is 2. The molecule has 1 saturated carbocycles. The maximum Gasteiger partial charge on any atom is 0.330 e.